The predicted molar refractivity (Wildman–Crippen MR) is 103 cm³/mol. The molecule has 0 fully saturated rings. The predicted octanol–water partition coefficient (Wildman–Crippen LogP) is 5.64. The first kappa shape index (κ1) is 20.7. The Hall–Kier alpha value is -3.06. The number of nitrogens with zero attached hydrogens (tertiary/aromatic N) is 1. The molecule has 0 radical (unpaired) electrons. The summed E-state index contributed by atoms with van der Waals surface area (Å²) in [6.07, 6.45) is -2.66. The molecular formula is C22H20F3NO3. The zero-order valence-electron chi connectivity index (χ0n) is 16.0. The zero-order valence-corrected chi connectivity index (χ0v) is 16.0. The molecule has 0 unspecified atom stereocenters. The number of aryl methyl sites for hydroxylation is 1. The first-order valence-electron chi connectivity index (χ1n) is 8.92. The number of rotatable bonds is 6. The number of aliphatic hydroxyl groups excluding tert-OH is 1. The molecule has 2 aromatic carbocycles. The van der Waals surface area contributed by atoms with Gasteiger partial charge in [0.15, 0.2) is 0 Å². The Labute approximate surface area is 166 Å². The molecule has 4 nitrogen and oxygen atoms in total. The van der Waals surface area contributed by atoms with E-state index >= 15 is 0 Å². The van der Waals surface area contributed by atoms with E-state index in [1.54, 1.807) is 13.0 Å². The second kappa shape index (κ2) is 8.53. The Balaban J connectivity index is 1.69. The van der Waals surface area contributed by atoms with Crippen molar-refractivity contribution in [2.75, 3.05) is 6.61 Å². The average Bonchev–Trinajstić information content (AvgIpc) is 3.07. The van der Waals surface area contributed by atoms with Crippen LogP contribution in [-0.2, 0) is 12.8 Å². The number of ether oxygens (including phenoxy) is 1. The van der Waals surface area contributed by atoms with Crippen molar-refractivity contribution < 1.29 is 27.4 Å². The van der Waals surface area contributed by atoms with Gasteiger partial charge in [0.1, 0.15) is 23.8 Å². The fraction of sp³-hybridized carbons (Fsp3) is 0.227. The third-order valence-corrected chi connectivity index (χ3v) is 4.43. The molecule has 0 saturated heterocycles. The maximum atomic E-state index is 12.7. The van der Waals surface area contributed by atoms with Gasteiger partial charge in [0.05, 0.1) is 12.2 Å². The van der Waals surface area contributed by atoms with Gasteiger partial charge in [-0.25, -0.2) is 4.98 Å². The van der Waals surface area contributed by atoms with E-state index in [4.69, 9.17) is 14.3 Å². The van der Waals surface area contributed by atoms with Crippen molar-refractivity contribution in [2.45, 2.75) is 26.6 Å². The van der Waals surface area contributed by atoms with Gasteiger partial charge < -0.3 is 14.3 Å². The summed E-state index contributed by atoms with van der Waals surface area (Å²) in [5, 5.41) is 8.96. The third kappa shape index (κ3) is 5.06. The van der Waals surface area contributed by atoms with Gasteiger partial charge >= 0.3 is 6.18 Å². The molecule has 152 valence electrons. The zero-order chi connectivity index (χ0) is 21.0. The molecule has 1 heterocycles. The Morgan fingerprint density at radius 1 is 1.10 bits per heavy atom. The van der Waals surface area contributed by atoms with Crippen molar-refractivity contribution in [3.63, 3.8) is 0 Å². The van der Waals surface area contributed by atoms with Crippen molar-refractivity contribution in [1.29, 1.82) is 0 Å². The number of aliphatic hydroxyl groups is 1. The van der Waals surface area contributed by atoms with Crippen molar-refractivity contribution in [3.8, 4) is 17.2 Å². The largest absolute Gasteiger partial charge is 0.487 e. The lowest BCUT2D eigenvalue weighted by Crippen LogP contribution is -2.04. The van der Waals surface area contributed by atoms with E-state index in [-0.39, 0.29) is 19.1 Å². The number of hydrogen-bond donors (Lipinski definition) is 1. The minimum Gasteiger partial charge on any atom is -0.487 e. The van der Waals surface area contributed by atoms with Crippen LogP contribution in [0, 0.1) is 6.92 Å². The molecule has 1 aromatic heterocycles. The molecule has 1 N–H and O–H groups in total. The van der Waals surface area contributed by atoms with Crippen LogP contribution in [0.5, 0.6) is 5.75 Å². The average molecular weight is 403 g/mol. The van der Waals surface area contributed by atoms with Crippen LogP contribution >= 0.6 is 0 Å². The van der Waals surface area contributed by atoms with Gasteiger partial charge in [-0.2, -0.15) is 13.2 Å². The summed E-state index contributed by atoms with van der Waals surface area (Å²) in [7, 11) is 0. The summed E-state index contributed by atoms with van der Waals surface area (Å²) in [5.74, 6) is 1.43. The van der Waals surface area contributed by atoms with Crippen LogP contribution in [0.2, 0.25) is 0 Å². The number of benzene rings is 2. The molecule has 0 spiro atoms. The van der Waals surface area contributed by atoms with Crippen LogP contribution in [0.1, 0.15) is 29.5 Å². The summed E-state index contributed by atoms with van der Waals surface area (Å²) in [4.78, 5) is 4.35. The molecule has 3 rings (SSSR count). The molecule has 3 aromatic rings. The van der Waals surface area contributed by atoms with Crippen LogP contribution < -0.4 is 4.74 Å². The highest BCUT2D eigenvalue weighted by molar-refractivity contribution is 5.64. The minimum atomic E-state index is -4.38. The third-order valence-electron chi connectivity index (χ3n) is 4.43. The standard InChI is InChI=1S/C22H20F3NO3/c1-14(11-12-27)16-5-9-19(10-6-16)28-13-20-15(2)29-21(26-20)17-3-7-18(8-4-17)22(23,24)25/h3-11,27H,12-13H2,1-2H3/b14-11+. The molecule has 0 amide bonds. The Morgan fingerprint density at radius 3 is 2.34 bits per heavy atom. The fourth-order valence-corrected chi connectivity index (χ4v) is 2.71. The van der Waals surface area contributed by atoms with Gasteiger partial charge in [-0.05, 0) is 61.4 Å². The fourth-order valence-electron chi connectivity index (χ4n) is 2.71. The molecular weight excluding hydrogens is 383 g/mol. The highest BCUT2D eigenvalue weighted by Crippen LogP contribution is 2.31. The lowest BCUT2D eigenvalue weighted by molar-refractivity contribution is -0.137. The van der Waals surface area contributed by atoms with Crippen LogP contribution in [0.15, 0.2) is 59.0 Å². The van der Waals surface area contributed by atoms with Gasteiger partial charge in [-0.15, -0.1) is 0 Å². The van der Waals surface area contributed by atoms with E-state index in [1.807, 2.05) is 31.2 Å². The highest BCUT2D eigenvalue weighted by atomic mass is 19.4. The molecule has 29 heavy (non-hydrogen) atoms. The van der Waals surface area contributed by atoms with E-state index in [2.05, 4.69) is 4.98 Å². The number of aromatic nitrogens is 1. The molecule has 0 aliphatic heterocycles. The van der Waals surface area contributed by atoms with Crippen LogP contribution in [0.3, 0.4) is 0 Å². The van der Waals surface area contributed by atoms with Crippen molar-refractivity contribution in [3.05, 3.63) is 77.2 Å². The lowest BCUT2D eigenvalue weighted by Gasteiger charge is -2.06. The van der Waals surface area contributed by atoms with Crippen molar-refractivity contribution in [2.24, 2.45) is 0 Å². The molecule has 0 aliphatic carbocycles. The van der Waals surface area contributed by atoms with Crippen molar-refractivity contribution >= 4 is 5.57 Å². The second-order valence-electron chi connectivity index (χ2n) is 6.48. The van der Waals surface area contributed by atoms with Gasteiger partial charge in [0.25, 0.3) is 0 Å². The topological polar surface area (TPSA) is 55.5 Å². The quantitative estimate of drug-likeness (QED) is 0.578. The summed E-state index contributed by atoms with van der Waals surface area (Å²) in [5.41, 5.74) is 2.25. The van der Waals surface area contributed by atoms with Crippen LogP contribution in [0.4, 0.5) is 13.2 Å². The highest BCUT2D eigenvalue weighted by Gasteiger charge is 2.30. The van der Waals surface area contributed by atoms with Gasteiger partial charge in [-0.1, -0.05) is 18.2 Å². The number of oxazole rings is 1. The van der Waals surface area contributed by atoms with E-state index < -0.39 is 11.7 Å². The first-order chi connectivity index (χ1) is 13.8. The molecule has 0 atom stereocenters. The van der Waals surface area contributed by atoms with Gasteiger partial charge in [-0.3, -0.25) is 0 Å². The monoisotopic (exact) mass is 403 g/mol. The SMILES string of the molecule is C/C(=C\CO)c1ccc(OCc2nc(-c3ccc(C(F)(F)F)cc3)oc2C)cc1. The van der Waals surface area contributed by atoms with Gasteiger partial charge in [0.2, 0.25) is 5.89 Å². The molecule has 7 heteroatoms. The van der Waals surface area contributed by atoms with E-state index in [9.17, 15) is 13.2 Å². The van der Waals surface area contributed by atoms with Crippen molar-refractivity contribution in [1.82, 2.24) is 4.98 Å². The Bertz CT molecular complexity index is 988. The number of alkyl halides is 3. The molecule has 0 aliphatic rings. The number of hydrogen-bond acceptors (Lipinski definition) is 4. The van der Waals surface area contributed by atoms with Gasteiger partial charge in [0, 0.05) is 5.56 Å². The summed E-state index contributed by atoms with van der Waals surface area (Å²) in [6, 6.07) is 12.1. The van der Waals surface area contributed by atoms with E-state index in [0.717, 1.165) is 23.3 Å². The van der Waals surface area contributed by atoms with E-state index in [1.165, 1.54) is 12.1 Å². The van der Waals surface area contributed by atoms with Crippen LogP contribution in [0.25, 0.3) is 17.0 Å². The smallest absolute Gasteiger partial charge is 0.416 e. The molecule has 0 bridgehead atoms. The minimum absolute atomic E-state index is 0.0171. The summed E-state index contributed by atoms with van der Waals surface area (Å²) in [6.45, 7) is 3.79. The number of halogens is 3. The second-order valence-corrected chi connectivity index (χ2v) is 6.48. The maximum absolute atomic E-state index is 12.7. The molecule has 0 saturated carbocycles. The lowest BCUT2D eigenvalue weighted by atomic mass is 10.1. The number of allylic oxidation sites excluding steroid dienone is 1. The van der Waals surface area contributed by atoms with E-state index in [0.29, 0.717) is 22.8 Å². The summed E-state index contributed by atoms with van der Waals surface area (Å²) >= 11 is 0. The summed E-state index contributed by atoms with van der Waals surface area (Å²) < 4.78 is 49.4. The Kier molecular flexibility index (Phi) is 6.08. The van der Waals surface area contributed by atoms with Crippen LogP contribution in [-0.4, -0.2) is 16.7 Å². The maximum Gasteiger partial charge on any atom is 0.416 e. The Morgan fingerprint density at radius 2 is 1.76 bits per heavy atom. The normalized spacial score (nSPS) is 12.3. The first-order valence-corrected chi connectivity index (χ1v) is 8.92.